The predicted octanol–water partition coefficient (Wildman–Crippen LogP) is 5.58. The van der Waals surface area contributed by atoms with Gasteiger partial charge in [-0.05, 0) is 55.3 Å². The number of benzene rings is 3. The van der Waals surface area contributed by atoms with Crippen molar-refractivity contribution < 1.29 is 18.0 Å². The Labute approximate surface area is 244 Å². The molecule has 0 fully saturated rings. The van der Waals surface area contributed by atoms with Gasteiger partial charge < -0.3 is 10.2 Å². The minimum Gasteiger partial charge on any atom is -0.352 e. The van der Waals surface area contributed by atoms with Crippen LogP contribution in [0.2, 0.25) is 15.1 Å². The summed E-state index contributed by atoms with van der Waals surface area (Å²) in [6.45, 7) is 3.13. The van der Waals surface area contributed by atoms with Crippen molar-refractivity contribution in [1.29, 1.82) is 0 Å². The summed E-state index contributed by atoms with van der Waals surface area (Å²) in [6, 6.07) is 19.4. The van der Waals surface area contributed by atoms with Crippen molar-refractivity contribution in [3.63, 3.8) is 0 Å². The van der Waals surface area contributed by atoms with Crippen molar-refractivity contribution in [2.75, 3.05) is 17.1 Å². The number of hydrogen-bond acceptors (Lipinski definition) is 4. The Morgan fingerprint density at radius 1 is 0.872 bits per heavy atom. The zero-order valence-corrected chi connectivity index (χ0v) is 24.9. The molecule has 0 saturated carbocycles. The summed E-state index contributed by atoms with van der Waals surface area (Å²) in [4.78, 5) is 28.9. The summed E-state index contributed by atoms with van der Waals surface area (Å²) in [5.41, 5.74) is 1.67. The molecule has 0 aliphatic rings. The molecule has 0 radical (unpaired) electrons. The van der Waals surface area contributed by atoms with E-state index in [9.17, 15) is 18.0 Å². The fourth-order valence-corrected chi connectivity index (χ4v) is 5.55. The largest absolute Gasteiger partial charge is 0.352 e. The fraction of sp³-hybridized carbons (Fsp3) is 0.286. The van der Waals surface area contributed by atoms with Crippen molar-refractivity contribution in [2.24, 2.45) is 0 Å². The normalized spacial score (nSPS) is 12.2. The molecular weight excluding hydrogens is 581 g/mol. The lowest BCUT2D eigenvalue weighted by Gasteiger charge is -2.34. The third-order valence-electron chi connectivity index (χ3n) is 5.83. The summed E-state index contributed by atoms with van der Waals surface area (Å²) in [6.07, 6.45) is 1.21. The highest BCUT2D eigenvalue weighted by Crippen LogP contribution is 2.30. The molecule has 7 nitrogen and oxygen atoms in total. The number of amides is 2. The molecule has 0 aromatic heterocycles. The van der Waals surface area contributed by atoms with Gasteiger partial charge in [-0.3, -0.25) is 13.9 Å². The van der Waals surface area contributed by atoms with Gasteiger partial charge in [0.2, 0.25) is 21.8 Å². The van der Waals surface area contributed by atoms with Crippen LogP contribution in [0, 0.1) is 0 Å². The van der Waals surface area contributed by atoms with Gasteiger partial charge in [-0.15, -0.1) is 0 Å². The van der Waals surface area contributed by atoms with Gasteiger partial charge in [0.05, 0.1) is 17.0 Å². The van der Waals surface area contributed by atoms with Crippen molar-refractivity contribution in [1.82, 2.24) is 10.2 Å². The van der Waals surface area contributed by atoms with E-state index in [-0.39, 0.29) is 35.6 Å². The maximum absolute atomic E-state index is 14.0. The zero-order chi connectivity index (χ0) is 28.7. The highest BCUT2D eigenvalue weighted by molar-refractivity contribution is 7.92. The van der Waals surface area contributed by atoms with Crippen LogP contribution < -0.4 is 9.62 Å². The summed E-state index contributed by atoms with van der Waals surface area (Å²) in [7, 11) is -3.94. The maximum atomic E-state index is 14.0. The first-order valence-corrected chi connectivity index (χ1v) is 15.1. The topological polar surface area (TPSA) is 86.8 Å². The number of hydrogen-bond donors (Lipinski definition) is 1. The van der Waals surface area contributed by atoms with E-state index in [1.165, 1.54) is 23.1 Å². The molecule has 0 spiro atoms. The standard InChI is InChI=1S/C28H30Cl3N3O4S/c1-19(2)32-28(36)26(15-20-7-5-4-6-8-20)33(17-21-9-11-22(29)12-10-21)27(35)18-34(39(3,37)38)25-14-13-23(30)16-24(25)31/h4-14,16,19,26H,15,17-18H2,1-3H3,(H,32,36)/t26-/m1/s1. The molecule has 3 aromatic rings. The van der Waals surface area contributed by atoms with Crippen molar-refractivity contribution in [2.45, 2.75) is 38.9 Å². The Kier molecular flexibility index (Phi) is 10.7. The van der Waals surface area contributed by atoms with Crippen molar-refractivity contribution in [3.8, 4) is 0 Å². The van der Waals surface area contributed by atoms with Crippen LogP contribution in [0.15, 0.2) is 72.8 Å². The van der Waals surface area contributed by atoms with Gasteiger partial charge in [-0.25, -0.2) is 8.42 Å². The first kappa shape index (κ1) is 30.8. The van der Waals surface area contributed by atoms with E-state index >= 15 is 0 Å². The van der Waals surface area contributed by atoms with Crippen LogP contribution in [-0.2, 0) is 32.6 Å². The predicted molar refractivity (Wildman–Crippen MR) is 158 cm³/mol. The highest BCUT2D eigenvalue weighted by atomic mass is 35.5. The number of rotatable bonds is 11. The number of carbonyl (C=O) groups excluding carboxylic acids is 2. The van der Waals surface area contributed by atoms with Crippen LogP contribution in [0.1, 0.15) is 25.0 Å². The number of anilines is 1. The molecule has 2 amide bonds. The first-order chi connectivity index (χ1) is 18.3. The van der Waals surface area contributed by atoms with E-state index in [2.05, 4.69) is 5.32 Å². The molecule has 3 rings (SSSR count). The number of sulfonamides is 1. The Hall–Kier alpha value is -2.78. The van der Waals surface area contributed by atoms with Gasteiger partial charge in [0.15, 0.2) is 0 Å². The smallest absolute Gasteiger partial charge is 0.244 e. The summed E-state index contributed by atoms with van der Waals surface area (Å²) in [5, 5.41) is 3.82. The average Bonchev–Trinajstić information content (AvgIpc) is 2.85. The molecule has 11 heteroatoms. The zero-order valence-electron chi connectivity index (χ0n) is 21.8. The van der Waals surface area contributed by atoms with Gasteiger partial charge in [-0.1, -0.05) is 77.3 Å². The molecule has 0 heterocycles. The lowest BCUT2D eigenvalue weighted by atomic mass is 10.0. The van der Waals surface area contributed by atoms with E-state index < -0.39 is 28.5 Å². The van der Waals surface area contributed by atoms with Crippen LogP contribution in [0.5, 0.6) is 0 Å². The number of carbonyl (C=O) groups is 2. The molecule has 208 valence electrons. The molecule has 0 unspecified atom stereocenters. The maximum Gasteiger partial charge on any atom is 0.244 e. The van der Waals surface area contributed by atoms with Crippen LogP contribution in [0.4, 0.5) is 5.69 Å². The summed E-state index contributed by atoms with van der Waals surface area (Å²) < 4.78 is 26.6. The number of nitrogens with zero attached hydrogens (tertiary/aromatic N) is 2. The quantitative estimate of drug-likeness (QED) is 0.307. The van der Waals surface area contributed by atoms with Gasteiger partial charge in [-0.2, -0.15) is 0 Å². The lowest BCUT2D eigenvalue weighted by molar-refractivity contribution is -0.140. The van der Waals surface area contributed by atoms with Crippen LogP contribution in [0.3, 0.4) is 0 Å². The van der Waals surface area contributed by atoms with E-state index in [0.29, 0.717) is 10.0 Å². The minimum absolute atomic E-state index is 0.0466. The molecule has 1 atom stereocenters. The fourth-order valence-electron chi connectivity index (χ4n) is 4.00. The van der Waals surface area contributed by atoms with Crippen LogP contribution in [-0.4, -0.2) is 50.0 Å². The van der Waals surface area contributed by atoms with E-state index in [1.54, 1.807) is 24.3 Å². The van der Waals surface area contributed by atoms with Crippen LogP contribution >= 0.6 is 34.8 Å². The van der Waals surface area contributed by atoms with Crippen LogP contribution in [0.25, 0.3) is 0 Å². The molecule has 3 aromatic carbocycles. The second-order valence-electron chi connectivity index (χ2n) is 9.38. The number of nitrogens with one attached hydrogen (secondary N) is 1. The second-order valence-corrected chi connectivity index (χ2v) is 12.6. The van der Waals surface area contributed by atoms with Gasteiger partial charge in [0.25, 0.3) is 0 Å². The molecule has 0 aliphatic heterocycles. The SMILES string of the molecule is CC(C)NC(=O)[C@@H](Cc1ccccc1)N(Cc1ccc(Cl)cc1)C(=O)CN(c1ccc(Cl)cc1Cl)S(C)(=O)=O. The molecule has 0 aliphatic carbocycles. The Balaban J connectivity index is 2.07. The van der Waals surface area contributed by atoms with E-state index in [4.69, 9.17) is 34.8 Å². The molecule has 0 saturated heterocycles. The second kappa shape index (κ2) is 13.5. The lowest BCUT2D eigenvalue weighted by Crippen LogP contribution is -2.54. The van der Waals surface area contributed by atoms with E-state index in [1.807, 2.05) is 44.2 Å². The first-order valence-electron chi connectivity index (χ1n) is 12.2. The molecular formula is C28H30Cl3N3O4S. The third-order valence-corrected chi connectivity index (χ3v) is 7.74. The van der Waals surface area contributed by atoms with Crippen molar-refractivity contribution in [3.05, 3.63) is 99.0 Å². The van der Waals surface area contributed by atoms with Crippen molar-refractivity contribution >= 4 is 62.3 Å². The Morgan fingerprint density at radius 2 is 1.49 bits per heavy atom. The van der Waals surface area contributed by atoms with Gasteiger partial charge >= 0.3 is 0 Å². The summed E-state index contributed by atoms with van der Waals surface area (Å²) in [5.74, 6) is -0.937. The summed E-state index contributed by atoms with van der Waals surface area (Å²) >= 11 is 18.4. The van der Waals surface area contributed by atoms with Gasteiger partial charge in [0.1, 0.15) is 12.6 Å². The molecule has 1 N–H and O–H groups in total. The Morgan fingerprint density at radius 3 is 2.05 bits per heavy atom. The third kappa shape index (κ3) is 8.86. The highest BCUT2D eigenvalue weighted by Gasteiger charge is 2.33. The Bertz CT molecular complexity index is 1400. The minimum atomic E-state index is -3.94. The monoisotopic (exact) mass is 609 g/mol. The van der Waals surface area contributed by atoms with E-state index in [0.717, 1.165) is 21.7 Å². The molecule has 39 heavy (non-hydrogen) atoms. The molecule has 0 bridgehead atoms. The van der Waals surface area contributed by atoms with Gasteiger partial charge in [0, 0.05) is 29.1 Å². The average molecular weight is 611 g/mol. The number of halogens is 3.